The second-order valence-electron chi connectivity index (χ2n) is 6.52. The average Bonchev–Trinajstić information content (AvgIpc) is 3.39. The Bertz CT molecular complexity index is 1260. The number of aromatic nitrogens is 2. The van der Waals surface area contributed by atoms with Gasteiger partial charge in [-0.25, -0.2) is 9.66 Å². The Labute approximate surface area is 175 Å². The second-order valence-corrected chi connectivity index (χ2v) is 7.72. The van der Waals surface area contributed by atoms with Gasteiger partial charge in [0.25, 0.3) is 11.5 Å². The van der Waals surface area contributed by atoms with Crippen molar-refractivity contribution < 1.29 is 14.0 Å². The number of carbonyl (C=O) groups is 2. The van der Waals surface area contributed by atoms with Crippen LogP contribution in [0.4, 0.5) is 0 Å². The van der Waals surface area contributed by atoms with E-state index >= 15 is 0 Å². The minimum absolute atomic E-state index is 0.00880. The maximum Gasteiger partial charge on any atom is 0.286 e. The van der Waals surface area contributed by atoms with Gasteiger partial charge in [0.1, 0.15) is 11.2 Å². The fourth-order valence-corrected chi connectivity index (χ4v) is 4.11. The summed E-state index contributed by atoms with van der Waals surface area (Å²) < 4.78 is 6.07. The molecule has 0 fully saturated rings. The van der Waals surface area contributed by atoms with Crippen LogP contribution >= 0.6 is 11.3 Å². The van der Waals surface area contributed by atoms with Crippen LogP contribution in [0.1, 0.15) is 21.9 Å². The van der Waals surface area contributed by atoms with E-state index in [0.717, 1.165) is 20.7 Å². The molecule has 8 nitrogen and oxygen atoms in total. The molecule has 0 aliphatic carbocycles. The van der Waals surface area contributed by atoms with Gasteiger partial charge in [0.2, 0.25) is 5.91 Å². The van der Waals surface area contributed by atoms with Gasteiger partial charge in [0.15, 0.2) is 5.76 Å². The SMILES string of the molecule is Cc1sc2ncn(NC(=O)CCNC(=O)c3ccco3)c(=O)c2c1-c1ccccc1. The molecular weight excluding hydrogens is 404 g/mol. The summed E-state index contributed by atoms with van der Waals surface area (Å²) in [6.45, 7) is 2.04. The summed E-state index contributed by atoms with van der Waals surface area (Å²) in [6, 6.07) is 12.7. The van der Waals surface area contributed by atoms with Crippen LogP contribution < -0.4 is 16.3 Å². The molecule has 0 aliphatic heterocycles. The molecular formula is C21H18N4O4S. The fourth-order valence-electron chi connectivity index (χ4n) is 3.11. The Hall–Kier alpha value is -3.72. The van der Waals surface area contributed by atoms with Crippen molar-refractivity contribution in [1.82, 2.24) is 15.0 Å². The largest absolute Gasteiger partial charge is 0.459 e. The number of nitrogens with zero attached hydrogens (tertiary/aromatic N) is 2. The molecule has 0 saturated heterocycles. The van der Waals surface area contributed by atoms with Gasteiger partial charge < -0.3 is 9.73 Å². The normalized spacial score (nSPS) is 10.8. The van der Waals surface area contributed by atoms with Crippen LogP contribution in [0.15, 0.2) is 64.3 Å². The number of hydrogen-bond acceptors (Lipinski definition) is 6. The van der Waals surface area contributed by atoms with Crippen molar-refractivity contribution in [1.29, 1.82) is 0 Å². The zero-order valence-electron chi connectivity index (χ0n) is 16.0. The van der Waals surface area contributed by atoms with Crippen molar-refractivity contribution in [2.24, 2.45) is 0 Å². The zero-order chi connectivity index (χ0) is 21.1. The molecule has 2 N–H and O–H groups in total. The minimum Gasteiger partial charge on any atom is -0.459 e. The van der Waals surface area contributed by atoms with E-state index in [4.69, 9.17) is 4.42 Å². The van der Waals surface area contributed by atoms with Crippen molar-refractivity contribution in [3.63, 3.8) is 0 Å². The number of carbonyl (C=O) groups excluding carboxylic acids is 2. The molecule has 1 aromatic carbocycles. The van der Waals surface area contributed by atoms with Crippen molar-refractivity contribution >= 4 is 33.4 Å². The first-order valence-corrected chi connectivity index (χ1v) is 10.0. The third-order valence-electron chi connectivity index (χ3n) is 4.48. The molecule has 0 bridgehead atoms. The number of hydrogen-bond donors (Lipinski definition) is 2. The quantitative estimate of drug-likeness (QED) is 0.497. The van der Waals surface area contributed by atoms with Gasteiger partial charge in [0, 0.05) is 23.4 Å². The third-order valence-corrected chi connectivity index (χ3v) is 5.49. The van der Waals surface area contributed by atoms with E-state index in [1.807, 2.05) is 37.3 Å². The van der Waals surface area contributed by atoms with E-state index < -0.39 is 11.8 Å². The topological polar surface area (TPSA) is 106 Å². The molecule has 2 amide bonds. The number of amides is 2. The number of fused-ring (bicyclic) bond motifs is 1. The highest BCUT2D eigenvalue weighted by Gasteiger charge is 2.17. The van der Waals surface area contributed by atoms with Gasteiger partial charge in [-0.15, -0.1) is 11.3 Å². The van der Waals surface area contributed by atoms with E-state index in [2.05, 4.69) is 15.7 Å². The molecule has 3 heterocycles. The summed E-state index contributed by atoms with van der Waals surface area (Å²) in [5, 5.41) is 3.06. The number of thiophene rings is 1. The van der Waals surface area contributed by atoms with Gasteiger partial charge in [-0.1, -0.05) is 30.3 Å². The Morgan fingerprint density at radius 2 is 1.97 bits per heavy atom. The molecule has 0 radical (unpaired) electrons. The van der Waals surface area contributed by atoms with E-state index in [0.29, 0.717) is 10.2 Å². The first-order chi connectivity index (χ1) is 14.5. The molecule has 3 aromatic heterocycles. The van der Waals surface area contributed by atoms with E-state index in [1.54, 1.807) is 6.07 Å². The summed E-state index contributed by atoms with van der Waals surface area (Å²) >= 11 is 1.44. The lowest BCUT2D eigenvalue weighted by atomic mass is 10.0. The highest BCUT2D eigenvalue weighted by molar-refractivity contribution is 7.19. The van der Waals surface area contributed by atoms with Crippen LogP contribution in [0.3, 0.4) is 0 Å². The van der Waals surface area contributed by atoms with E-state index in [9.17, 15) is 14.4 Å². The van der Waals surface area contributed by atoms with Crippen LogP contribution in [0.25, 0.3) is 21.3 Å². The lowest BCUT2D eigenvalue weighted by Crippen LogP contribution is -2.35. The maximum atomic E-state index is 13.0. The molecule has 0 unspecified atom stereocenters. The lowest BCUT2D eigenvalue weighted by molar-refractivity contribution is -0.117. The van der Waals surface area contributed by atoms with Gasteiger partial charge >= 0.3 is 0 Å². The average molecular weight is 422 g/mol. The highest BCUT2D eigenvalue weighted by Crippen LogP contribution is 2.35. The summed E-state index contributed by atoms with van der Waals surface area (Å²) in [7, 11) is 0. The van der Waals surface area contributed by atoms with Crippen molar-refractivity contribution in [3.05, 3.63) is 76.0 Å². The summed E-state index contributed by atoms with van der Waals surface area (Å²) in [6.07, 6.45) is 2.69. The predicted octanol–water partition coefficient (Wildman–Crippen LogP) is 2.92. The molecule has 0 atom stereocenters. The monoisotopic (exact) mass is 422 g/mol. The summed E-state index contributed by atoms with van der Waals surface area (Å²) in [4.78, 5) is 43.0. The Kier molecular flexibility index (Phi) is 5.44. The predicted molar refractivity (Wildman–Crippen MR) is 114 cm³/mol. The molecule has 152 valence electrons. The third kappa shape index (κ3) is 3.87. The molecule has 9 heteroatoms. The van der Waals surface area contributed by atoms with E-state index in [1.165, 1.54) is 30.0 Å². The number of rotatable bonds is 6. The molecule has 0 aliphatic rings. The van der Waals surface area contributed by atoms with E-state index in [-0.39, 0.29) is 24.3 Å². The van der Waals surface area contributed by atoms with Crippen molar-refractivity contribution in [3.8, 4) is 11.1 Å². The number of furan rings is 1. The van der Waals surface area contributed by atoms with Gasteiger partial charge in [-0.3, -0.25) is 19.8 Å². The maximum absolute atomic E-state index is 13.0. The van der Waals surface area contributed by atoms with Gasteiger partial charge in [-0.2, -0.15) is 0 Å². The first-order valence-electron chi connectivity index (χ1n) is 9.22. The van der Waals surface area contributed by atoms with Crippen LogP contribution in [-0.2, 0) is 4.79 Å². The standard InChI is InChI=1S/C21H18N4O4S/c1-13-17(14-6-3-2-4-7-14)18-20(30-13)23-12-25(21(18)28)24-16(26)9-10-22-19(27)15-8-5-11-29-15/h2-8,11-12H,9-10H2,1H3,(H,22,27)(H,24,26). The Morgan fingerprint density at radius 1 is 1.17 bits per heavy atom. The zero-order valence-corrected chi connectivity index (χ0v) is 16.9. The van der Waals surface area contributed by atoms with Gasteiger partial charge in [0.05, 0.1) is 11.6 Å². The minimum atomic E-state index is -0.425. The number of nitrogens with one attached hydrogen (secondary N) is 2. The van der Waals surface area contributed by atoms with Crippen LogP contribution in [0.2, 0.25) is 0 Å². The molecule has 4 rings (SSSR count). The summed E-state index contributed by atoms with van der Waals surface area (Å²) in [5.41, 5.74) is 3.92. The Balaban J connectivity index is 1.51. The molecule has 0 spiro atoms. The van der Waals surface area contributed by atoms with Crippen LogP contribution in [-0.4, -0.2) is 28.0 Å². The van der Waals surface area contributed by atoms with Crippen molar-refractivity contribution in [2.45, 2.75) is 13.3 Å². The molecule has 30 heavy (non-hydrogen) atoms. The highest BCUT2D eigenvalue weighted by atomic mass is 32.1. The summed E-state index contributed by atoms with van der Waals surface area (Å²) in [5.74, 6) is -0.664. The smallest absolute Gasteiger partial charge is 0.286 e. The number of aryl methyl sites for hydroxylation is 1. The van der Waals surface area contributed by atoms with Gasteiger partial charge in [-0.05, 0) is 24.6 Å². The Morgan fingerprint density at radius 3 is 2.70 bits per heavy atom. The van der Waals surface area contributed by atoms with Crippen LogP contribution in [0.5, 0.6) is 0 Å². The fraction of sp³-hybridized carbons (Fsp3) is 0.143. The number of benzene rings is 1. The van der Waals surface area contributed by atoms with Crippen LogP contribution in [0, 0.1) is 6.92 Å². The molecule has 4 aromatic rings. The van der Waals surface area contributed by atoms with Crippen molar-refractivity contribution in [2.75, 3.05) is 12.0 Å². The second kappa shape index (κ2) is 8.34. The first kappa shape index (κ1) is 19.6. The lowest BCUT2D eigenvalue weighted by Gasteiger charge is -2.09. The molecule has 0 saturated carbocycles.